The third-order valence-electron chi connectivity index (χ3n) is 4.32. The van der Waals surface area contributed by atoms with Crippen LogP contribution in [0.15, 0.2) is 68.9 Å². The first-order chi connectivity index (χ1) is 14.0. The van der Waals surface area contributed by atoms with Gasteiger partial charge in [0.1, 0.15) is 16.5 Å². The maximum Gasteiger partial charge on any atom is 0.270 e. The summed E-state index contributed by atoms with van der Waals surface area (Å²) in [6, 6.07) is 16.6. The lowest BCUT2D eigenvalue weighted by atomic mass is 10.1. The molecule has 0 aliphatic rings. The summed E-state index contributed by atoms with van der Waals surface area (Å²) in [6.45, 7) is 2.06. The molecule has 4 rings (SSSR count). The molecule has 2 aromatic heterocycles. The Labute approximate surface area is 179 Å². The Balaban J connectivity index is 1.52. The minimum Gasteiger partial charge on any atom is -0.457 e. The summed E-state index contributed by atoms with van der Waals surface area (Å²) in [5.74, 6) is 1.31. The molecule has 0 bridgehead atoms. The van der Waals surface area contributed by atoms with E-state index in [4.69, 9.17) is 4.42 Å². The second-order valence-electron chi connectivity index (χ2n) is 6.39. The third kappa shape index (κ3) is 4.36. The highest BCUT2D eigenvalue weighted by molar-refractivity contribution is 9.10. The van der Waals surface area contributed by atoms with Gasteiger partial charge in [-0.25, -0.2) is 4.98 Å². The van der Waals surface area contributed by atoms with Crippen LogP contribution in [0, 0.1) is 17.0 Å². The van der Waals surface area contributed by atoms with Crippen LogP contribution in [0.25, 0.3) is 34.7 Å². The van der Waals surface area contributed by atoms with Gasteiger partial charge < -0.3 is 4.42 Å². The molecule has 0 radical (unpaired) electrons. The molecule has 2 heterocycles. The van der Waals surface area contributed by atoms with E-state index in [0.29, 0.717) is 16.0 Å². The molecular formula is C22H15BrN2O3S. The first-order valence-electron chi connectivity index (χ1n) is 8.74. The van der Waals surface area contributed by atoms with Gasteiger partial charge in [-0.15, -0.1) is 11.3 Å². The standard InChI is InChI=1S/C22H15BrN2O3S/c1-14-2-4-15(5-3-14)20-13-29-22(24-20)11-8-17-7-10-21(28-17)18-9-6-16(25(26)27)12-19(18)23/h2-13H,1H3. The summed E-state index contributed by atoms with van der Waals surface area (Å²) in [5.41, 5.74) is 4.04. The second-order valence-corrected chi connectivity index (χ2v) is 8.14. The van der Waals surface area contributed by atoms with Crippen molar-refractivity contribution in [2.75, 3.05) is 0 Å². The quantitative estimate of drug-likeness (QED) is 0.230. The molecule has 4 aromatic rings. The molecule has 144 valence electrons. The number of hydrogen-bond donors (Lipinski definition) is 0. The maximum atomic E-state index is 10.9. The Bertz CT molecular complexity index is 1210. The zero-order valence-electron chi connectivity index (χ0n) is 15.3. The molecule has 0 aliphatic heterocycles. The lowest BCUT2D eigenvalue weighted by Gasteiger charge is -2.00. The van der Waals surface area contributed by atoms with E-state index in [9.17, 15) is 10.1 Å². The van der Waals surface area contributed by atoms with Gasteiger partial charge in [0, 0.05) is 33.1 Å². The van der Waals surface area contributed by atoms with Gasteiger partial charge in [-0.2, -0.15) is 0 Å². The summed E-state index contributed by atoms with van der Waals surface area (Å²) in [5, 5.41) is 13.8. The monoisotopic (exact) mass is 466 g/mol. The summed E-state index contributed by atoms with van der Waals surface area (Å²) < 4.78 is 6.48. The van der Waals surface area contributed by atoms with Crippen molar-refractivity contribution in [1.29, 1.82) is 0 Å². The van der Waals surface area contributed by atoms with E-state index in [1.54, 1.807) is 17.4 Å². The summed E-state index contributed by atoms with van der Waals surface area (Å²) in [4.78, 5) is 15.1. The van der Waals surface area contributed by atoms with Crippen LogP contribution in [0.5, 0.6) is 0 Å². The zero-order valence-corrected chi connectivity index (χ0v) is 17.7. The van der Waals surface area contributed by atoms with Gasteiger partial charge in [0.15, 0.2) is 0 Å². The molecule has 29 heavy (non-hydrogen) atoms. The molecule has 0 fully saturated rings. The van der Waals surface area contributed by atoms with Gasteiger partial charge >= 0.3 is 0 Å². The van der Waals surface area contributed by atoms with Crippen LogP contribution in [0.2, 0.25) is 0 Å². The Hall–Kier alpha value is -3.03. The van der Waals surface area contributed by atoms with Crippen LogP contribution in [-0.4, -0.2) is 9.91 Å². The Kier molecular flexibility index (Phi) is 5.42. The van der Waals surface area contributed by atoms with E-state index in [2.05, 4.69) is 52.1 Å². The van der Waals surface area contributed by atoms with Crippen molar-refractivity contribution < 1.29 is 9.34 Å². The number of halogens is 1. The first-order valence-corrected chi connectivity index (χ1v) is 10.4. The van der Waals surface area contributed by atoms with Gasteiger partial charge in [0.25, 0.3) is 5.69 Å². The topological polar surface area (TPSA) is 69.2 Å². The molecule has 0 saturated carbocycles. The second kappa shape index (κ2) is 8.14. The average molecular weight is 467 g/mol. The number of rotatable bonds is 5. The van der Waals surface area contributed by atoms with Crippen molar-refractivity contribution in [2.45, 2.75) is 6.92 Å². The summed E-state index contributed by atoms with van der Waals surface area (Å²) in [6.07, 6.45) is 3.77. The first kappa shape index (κ1) is 19.3. The van der Waals surface area contributed by atoms with Crippen molar-refractivity contribution in [3.63, 3.8) is 0 Å². The number of non-ortho nitro benzene ring substituents is 1. The molecule has 0 unspecified atom stereocenters. The molecule has 5 nitrogen and oxygen atoms in total. The largest absolute Gasteiger partial charge is 0.457 e. The molecule has 0 spiro atoms. The highest BCUT2D eigenvalue weighted by atomic mass is 79.9. The highest BCUT2D eigenvalue weighted by Crippen LogP contribution is 2.33. The Morgan fingerprint density at radius 3 is 2.62 bits per heavy atom. The SMILES string of the molecule is Cc1ccc(-c2csc(C=Cc3ccc(-c4ccc([N+](=O)[O-])cc4Br)o3)n2)cc1. The number of aryl methyl sites for hydroxylation is 1. The zero-order chi connectivity index (χ0) is 20.4. The fourth-order valence-corrected chi connectivity index (χ4v) is 4.06. The van der Waals surface area contributed by atoms with Crippen molar-refractivity contribution >= 4 is 45.1 Å². The van der Waals surface area contributed by atoms with E-state index in [1.807, 2.05) is 29.7 Å². The molecule has 0 amide bonds. The van der Waals surface area contributed by atoms with Crippen LogP contribution in [0.4, 0.5) is 5.69 Å². The number of nitrogens with zero attached hydrogens (tertiary/aromatic N) is 2. The molecule has 0 atom stereocenters. The van der Waals surface area contributed by atoms with Crippen molar-refractivity contribution in [3.8, 4) is 22.6 Å². The van der Waals surface area contributed by atoms with Crippen molar-refractivity contribution in [1.82, 2.24) is 4.98 Å². The highest BCUT2D eigenvalue weighted by Gasteiger charge is 2.13. The minimum absolute atomic E-state index is 0.0282. The summed E-state index contributed by atoms with van der Waals surface area (Å²) >= 11 is 4.94. The van der Waals surface area contributed by atoms with E-state index < -0.39 is 4.92 Å². The fraction of sp³-hybridized carbons (Fsp3) is 0.0455. The third-order valence-corrected chi connectivity index (χ3v) is 5.78. The van der Waals surface area contributed by atoms with Gasteiger partial charge in [-0.05, 0) is 53.2 Å². The fourth-order valence-electron chi connectivity index (χ4n) is 2.78. The number of nitro benzene ring substituents is 1. The number of aromatic nitrogens is 1. The van der Waals surface area contributed by atoms with E-state index in [-0.39, 0.29) is 5.69 Å². The maximum absolute atomic E-state index is 10.9. The Morgan fingerprint density at radius 1 is 1.10 bits per heavy atom. The average Bonchev–Trinajstić information content (AvgIpc) is 3.36. The van der Waals surface area contributed by atoms with Crippen LogP contribution in [-0.2, 0) is 0 Å². The van der Waals surface area contributed by atoms with Crippen molar-refractivity contribution in [2.24, 2.45) is 0 Å². The van der Waals surface area contributed by atoms with Gasteiger partial charge in [0.2, 0.25) is 0 Å². The number of benzene rings is 2. The lowest BCUT2D eigenvalue weighted by Crippen LogP contribution is -1.88. The van der Waals surface area contributed by atoms with Crippen LogP contribution < -0.4 is 0 Å². The van der Waals surface area contributed by atoms with Crippen LogP contribution >= 0.6 is 27.3 Å². The smallest absolute Gasteiger partial charge is 0.270 e. The molecule has 0 saturated heterocycles. The van der Waals surface area contributed by atoms with E-state index in [1.165, 1.54) is 17.7 Å². The van der Waals surface area contributed by atoms with Gasteiger partial charge in [0.05, 0.1) is 10.6 Å². The lowest BCUT2D eigenvalue weighted by molar-refractivity contribution is -0.384. The number of hydrogen-bond acceptors (Lipinski definition) is 5. The Morgan fingerprint density at radius 2 is 1.90 bits per heavy atom. The molecular weight excluding hydrogens is 452 g/mol. The molecule has 0 N–H and O–H groups in total. The van der Waals surface area contributed by atoms with Crippen LogP contribution in [0.3, 0.4) is 0 Å². The predicted octanol–water partition coefficient (Wildman–Crippen LogP) is 7.22. The van der Waals surface area contributed by atoms with Crippen molar-refractivity contribution in [3.05, 3.63) is 90.9 Å². The van der Waals surface area contributed by atoms with Gasteiger partial charge in [-0.3, -0.25) is 10.1 Å². The normalized spacial score (nSPS) is 11.2. The van der Waals surface area contributed by atoms with E-state index in [0.717, 1.165) is 21.8 Å². The summed E-state index contributed by atoms with van der Waals surface area (Å²) in [7, 11) is 0. The predicted molar refractivity (Wildman–Crippen MR) is 120 cm³/mol. The number of nitro groups is 1. The number of furan rings is 1. The van der Waals surface area contributed by atoms with E-state index >= 15 is 0 Å². The molecule has 7 heteroatoms. The number of thiazole rings is 1. The van der Waals surface area contributed by atoms with Gasteiger partial charge in [-0.1, -0.05) is 29.8 Å². The van der Waals surface area contributed by atoms with Crippen LogP contribution in [0.1, 0.15) is 16.3 Å². The molecule has 2 aromatic carbocycles. The molecule has 0 aliphatic carbocycles. The minimum atomic E-state index is -0.427.